The predicted octanol–water partition coefficient (Wildman–Crippen LogP) is 9.14. The Hall–Kier alpha value is -12.4. The van der Waals surface area contributed by atoms with Crippen LogP contribution in [-0.2, 0) is 71.6 Å². The van der Waals surface area contributed by atoms with Crippen molar-refractivity contribution in [2.45, 2.75) is 207 Å². The zero-order valence-electron chi connectivity index (χ0n) is 82.9. The molecule has 0 unspecified atom stereocenters. The Morgan fingerprint density at radius 2 is 0.582 bits per heavy atom. The first kappa shape index (κ1) is 102. The van der Waals surface area contributed by atoms with E-state index in [2.05, 4.69) is 15.0 Å². The fourth-order valence-electron chi connectivity index (χ4n) is 23.3. The molecule has 19 rings (SSSR count). The highest BCUT2D eigenvalue weighted by molar-refractivity contribution is 5.87. The van der Waals surface area contributed by atoms with E-state index >= 15 is 0 Å². The summed E-state index contributed by atoms with van der Waals surface area (Å²) >= 11 is 0. The zero-order chi connectivity index (χ0) is 99.6. The van der Waals surface area contributed by atoms with E-state index < -0.39 is 17.1 Å². The van der Waals surface area contributed by atoms with Gasteiger partial charge in [-0.2, -0.15) is 0 Å². The Morgan fingerprint density at radius 3 is 0.887 bits per heavy atom. The lowest BCUT2D eigenvalue weighted by atomic mass is 9.81. The lowest BCUT2D eigenvalue weighted by Crippen LogP contribution is -2.53. The number of piperazine rings is 4. The normalized spacial score (nSPS) is 22.7. The number of nitrogens with zero attached hydrogens (tertiary/aromatic N) is 13. The highest BCUT2D eigenvalue weighted by atomic mass is 16.5. The van der Waals surface area contributed by atoms with Gasteiger partial charge in [0.05, 0.1) is 66.7 Å². The Balaban J connectivity index is 0.000000171. The van der Waals surface area contributed by atoms with Gasteiger partial charge < -0.3 is 73.1 Å². The number of aromatic amines is 3. The van der Waals surface area contributed by atoms with Crippen LogP contribution >= 0.6 is 0 Å². The zero-order valence-corrected chi connectivity index (χ0v) is 82.9. The van der Waals surface area contributed by atoms with Crippen molar-refractivity contribution in [3.8, 4) is 23.0 Å². The maximum Gasteiger partial charge on any atom is 0.331 e. The Kier molecular flexibility index (Phi) is 32.9. The summed E-state index contributed by atoms with van der Waals surface area (Å²) in [7, 11) is 7.82. The highest BCUT2D eigenvalue weighted by Gasteiger charge is 2.42. The number of ether oxygens (including phenoxy) is 4. The van der Waals surface area contributed by atoms with E-state index in [9.17, 15) is 76.7 Å². The Labute approximate surface area is 824 Å². The van der Waals surface area contributed by atoms with Crippen LogP contribution in [0.15, 0.2) is 111 Å². The van der Waals surface area contributed by atoms with Crippen LogP contribution in [0.3, 0.4) is 0 Å². The van der Waals surface area contributed by atoms with Gasteiger partial charge in [0, 0.05) is 191 Å². The van der Waals surface area contributed by atoms with Crippen molar-refractivity contribution in [1.82, 2.24) is 77.0 Å². The number of H-pyrrole nitrogens is 3. The number of aromatic nitrogens is 8. The maximum absolute atomic E-state index is 13.2. The van der Waals surface area contributed by atoms with Crippen LogP contribution < -0.4 is 63.9 Å². The fourth-order valence-corrected chi connectivity index (χ4v) is 23.3. The summed E-state index contributed by atoms with van der Waals surface area (Å²) in [4.78, 5) is 229. The molecule has 11 aliphatic rings. The molecule has 0 atom stereocenters. The number of hydrogen-bond acceptors (Lipinski definition) is 20. The number of benzene rings is 4. The number of nitrogens with one attached hydrogen (secondary N) is 3. The summed E-state index contributed by atoms with van der Waals surface area (Å²) < 4.78 is 27.7. The van der Waals surface area contributed by atoms with Crippen molar-refractivity contribution in [2.24, 2.45) is 78.1 Å². The monoisotopic (exact) mass is 1960 g/mol. The molecular weight excluding hydrogens is 1810 g/mol. The van der Waals surface area contributed by atoms with Crippen molar-refractivity contribution in [3.63, 3.8) is 0 Å². The molecule has 3 N–H and O–H groups in total. The van der Waals surface area contributed by atoms with E-state index in [0.717, 1.165) is 167 Å². The molecule has 8 aromatic rings. The lowest BCUT2D eigenvalue weighted by Gasteiger charge is -2.38. The van der Waals surface area contributed by atoms with Crippen molar-refractivity contribution < 1.29 is 63.0 Å². The van der Waals surface area contributed by atoms with Crippen LogP contribution in [0.4, 0.5) is 0 Å². The second-order valence-corrected chi connectivity index (χ2v) is 41.2. The molecule has 0 spiro atoms. The molecule has 4 aliphatic heterocycles. The third-order valence-electron chi connectivity index (χ3n) is 32.1. The molecule has 768 valence electrons. The van der Waals surface area contributed by atoms with E-state index in [1.54, 1.807) is 101 Å². The van der Waals surface area contributed by atoms with Gasteiger partial charge in [0.15, 0.2) is 0 Å². The second kappa shape index (κ2) is 45.7. The largest absolute Gasteiger partial charge is 0.497 e. The standard InChI is InChI=1S/C28H38N4O5.C27H36N4O5.C25H32N4O5.C25H34N4O5.4H2/c1-29-24-12-11-22(37-2)17-23(24)27(35)32(28(29)36)18-19-7-9-21(10-8-19)26(34)31-15-13-30(14-16-31)25(33)20-5-3-4-6-20;1-36-21-10-11-23-22(16-21)26(34)31(27(35)28-23)17-18-6-8-20(9-7-18)25(33)30-14-12-29(13-15-30)24(32)19-4-2-3-5-19;1-34-19-8-9-21-20(14-19)24(32)29(25(33)26-21)15-16-2-4-17(5-3-16)22(30)27-10-12-28(13-11-27)23(31)18-6-7-18;1-16(2)22(30)27-11-13-28(14-12-27)23(31)18-9-7-17(8-10-18)15-29-24(32)21-19(26-25(29)33)5-4-6-20(21)34-3;;;;/h11-12,17,19-21H,3-10,13-16,18H2,1-2H3;10-11,16,18-20H,2-9,12-15,17H2,1H3,(H,28,35);8-9,14,16-18H,2-7,10-13,15H2,1H3,(H,26,33);4-6,16-18H,7-15H2,1-3H3,(H,26,33);4*1H/i;;;;4*1+2. The quantitative estimate of drug-likeness (QED) is 0.0639. The summed E-state index contributed by atoms with van der Waals surface area (Å²) in [6.07, 6.45) is 23.1. The second-order valence-electron chi connectivity index (χ2n) is 41.2. The third-order valence-corrected chi connectivity index (χ3v) is 32.1. The minimum absolute atomic E-state index is 0. The molecule has 11 fully saturated rings. The van der Waals surface area contributed by atoms with Crippen molar-refractivity contribution in [2.75, 3.05) is 133 Å². The number of rotatable bonds is 20. The summed E-state index contributed by atoms with van der Waals surface area (Å²) in [6, 6.07) is 20.4. The van der Waals surface area contributed by atoms with Crippen LogP contribution in [-0.4, -0.2) is 257 Å². The number of amides is 8. The topological polar surface area (TPSA) is 408 Å². The summed E-state index contributed by atoms with van der Waals surface area (Å²) in [5.74, 6) is 5.03. The van der Waals surface area contributed by atoms with Crippen molar-refractivity contribution in [3.05, 3.63) is 156 Å². The average molecular weight is 1960 g/mol. The molecule has 36 nitrogen and oxygen atoms in total. The molecule has 4 aromatic carbocycles. The summed E-state index contributed by atoms with van der Waals surface area (Å²) in [5, 5.41) is 1.71. The highest BCUT2D eigenvalue weighted by Crippen LogP contribution is 2.39. The van der Waals surface area contributed by atoms with Crippen LogP contribution in [0.25, 0.3) is 43.6 Å². The van der Waals surface area contributed by atoms with Gasteiger partial charge in [0.1, 0.15) is 28.4 Å². The first-order valence-electron chi connectivity index (χ1n) is 51.5. The average Bonchev–Trinajstić information content (AvgIpc) is 1.44. The van der Waals surface area contributed by atoms with Gasteiger partial charge in [-0.1, -0.05) is 45.6 Å². The molecule has 0 bridgehead atoms. The molecule has 7 aliphatic carbocycles. The minimum atomic E-state index is -0.419. The van der Waals surface area contributed by atoms with E-state index in [1.165, 1.54) is 29.9 Å². The van der Waals surface area contributed by atoms with Gasteiger partial charge in [-0.25, -0.2) is 19.2 Å². The number of methoxy groups -OCH3 is 4. The Bertz CT molecular complexity index is 6430. The van der Waals surface area contributed by atoms with Gasteiger partial charge in [0.25, 0.3) is 22.2 Å². The van der Waals surface area contributed by atoms with Gasteiger partial charge in [-0.15, -0.1) is 0 Å². The summed E-state index contributed by atoms with van der Waals surface area (Å²) in [5.41, 5.74) is -0.735. The number of aryl methyl sites for hydroxylation is 1. The lowest BCUT2D eigenvalue weighted by molar-refractivity contribution is -0.144. The summed E-state index contributed by atoms with van der Waals surface area (Å²) in [6.45, 7) is 15.0. The fraction of sp³-hybridized carbons (Fsp3) is 0.619. The molecule has 36 heteroatoms. The molecule has 4 saturated heterocycles. The first-order valence-corrected chi connectivity index (χ1v) is 51.5. The molecule has 4 aromatic heterocycles. The third kappa shape index (κ3) is 23.4. The molecule has 0 radical (unpaired) electrons. The maximum atomic E-state index is 13.2. The van der Waals surface area contributed by atoms with E-state index in [1.807, 2.05) is 53.0 Å². The van der Waals surface area contributed by atoms with Crippen molar-refractivity contribution >= 4 is 90.9 Å². The van der Waals surface area contributed by atoms with Crippen molar-refractivity contribution in [1.29, 1.82) is 0 Å². The first-order chi connectivity index (χ1) is 68.0. The number of carbonyl (C=O) groups is 8. The van der Waals surface area contributed by atoms with Gasteiger partial charge >= 0.3 is 22.8 Å². The minimum Gasteiger partial charge on any atom is -0.497 e. The molecular formula is C105H148N16O20. The Morgan fingerprint density at radius 1 is 0.312 bits per heavy atom. The smallest absolute Gasteiger partial charge is 0.331 e. The molecule has 7 saturated carbocycles. The SMILES string of the molecule is COc1ccc2[nH]c(=O)n(CC3CCC(C(=O)N4CCN(C(=O)C5CC5)CC4)CC3)c(=O)c2c1.COc1ccc2[nH]c(=O)n(CC3CCC(C(=O)N4CCN(C(=O)C5CCCC5)CC4)CC3)c(=O)c2c1.COc1ccc2c(c1)c(=O)n(CC1CCC(C(=O)N3CCN(C(=O)C4CCCC4)CC3)CC1)c(=O)n2C.COc1cccc2[nH]c(=O)n(CC3CCC(C(=O)N4CCN(C(=O)C(C)C)CC4)CC3)c(=O)c12.[3HH].[3HH].[3HH].[3HH]. The van der Waals surface area contributed by atoms with Crippen LogP contribution in [0, 0.1) is 71.0 Å². The molecule has 8 heterocycles. The number of carbonyl (C=O) groups excluding carboxylic acids is 8. The van der Waals surface area contributed by atoms with Gasteiger partial charge in [-0.3, -0.25) is 80.4 Å². The molecule has 8 amide bonds. The van der Waals surface area contributed by atoms with E-state index in [4.69, 9.17) is 18.9 Å². The van der Waals surface area contributed by atoms with Crippen LogP contribution in [0.5, 0.6) is 23.0 Å². The van der Waals surface area contributed by atoms with Gasteiger partial charge in [-0.05, 0) is 232 Å². The predicted molar refractivity (Wildman–Crippen MR) is 541 cm³/mol. The number of fused-ring (bicyclic) bond motifs is 4. The number of hydrogen-bond donors (Lipinski definition) is 3. The van der Waals surface area contributed by atoms with Gasteiger partial charge in [0.2, 0.25) is 47.3 Å². The van der Waals surface area contributed by atoms with E-state index in [-0.39, 0.29) is 152 Å². The van der Waals surface area contributed by atoms with Crippen LogP contribution in [0.1, 0.15) is 186 Å². The van der Waals surface area contributed by atoms with E-state index in [0.29, 0.717) is 198 Å². The molecule has 141 heavy (non-hydrogen) atoms. The van der Waals surface area contributed by atoms with Crippen LogP contribution in [0.2, 0.25) is 0 Å².